The molecule has 0 amide bonds. The number of fused-ring (bicyclic) bond motifs is 1. The predicted molar refractivity (Wildman–Crippen MR) is 77.1 cm³/mol. The number of aromatic amines is 1. The van der Waals surface area contributed by atoms with E-state index in [-0.39, 0.29) is 17.5 Å². The van der Waals surface area contributed by atoms with Gasteiger partial charge in [-0.1, -0.05) is 23.7 Å². The Bertz CT molecular complexity index is 823. The number of nitrogens with two attached hydrogens (primary N) is 1. The normalized spacial score (nSPS) is 12.8. The van der Waals surface area contributed by atoms with Gasteiger partial charge in [-0.05, 0) is 24.4 Å². The van der Waals surface area contributed by atoms with Gasteiger partial charge < -0.3 is 5.73 Å². The van der Waals surface area contributed by atoms with Gasteiger partial charge in [-0.25, -0.2) is 4.57 Å². The highest BCUT2D eigenvalue weighted by molar-refractivity contribution is 6.35. The van der Waals surface area contributed by atoms with E-state index in [9.17, 15) is 4.79 Å². The maximum absolute atomic E-state index is 12.7. The Balaban J connectivity index is 2.48. The first kappa shape index (κ1) is 12.8. The molecule has 0 unspecified atom stereocenters. The third kappa shape index (κ3) is 1.90. The van der Waals surface area contributed by atoms with Crippen LogP contribution in [0.5, 0.6) is 0 Å². The van der Waals surface area contributed by atoms with Gasteiger partial charge in [0.25, 0.3) is 11.5 Å². The van der Waals surface area contributed by atoms with Crippen LogP contribution >= 0.6 is 11.6 Å². The average molecular weight is 290 g/mol. The van der Waals surface area contributed by atoms with Crippen LogP contribution in [-0.2, 0) is 0 Å². The van der Waals surface area contributed by atoms with E-state index >= 15 is 0 Å². The number of nitrogens with zero attached hydrogens (tertiary/aromatic N) is 3. The second kappa shape index (κ2) is 4.73. The molecule has 0 spiro atoms. The predicted octanol–water partition coefficient (Wildman–Crippen LogP) is 1.78. The standard InChI is InChI=1S/C13H12ClN5O/c1-7(15)10-5-8-3-2-4-9(14)11(8)12(20)19(10)13-16-6-17-18-13/h2-7H,15H2,1H3,(H,16,17,18)/t7-/m0/s1. The quantitative estimate of drug-likeness (QED) is 0.752. The van der Waals surface area contributed by atoms with Crippen LogP contribution in [0.15, 0.2) is 35.4 Å². The van der Waals surface area contributed by atoms with Gasteiger partial charge in [0.1, 0.15) is 6.33 Å². The molecule has 0 bridgehead atoms. The Kier molecular flexibility index (Phi) is 3.04. The molecule has 0 aliphatic rings. The molecule has 102 valence electrons. The lowest BCUT2D eigenvalue weighted by atomic mass is 10.1. The van der Waals surface area contributed by atoms with Crippen LogP contribution in [0.3, 0.4) is 0 Å². The Hall–Kier alpha value is -2.18. The van der Waals surface area contributed by atoms with Crippen molar-refractivity contribution in [1.82, 2.24) is 19.7 Å². The lowest BCUT2D eigenvalue weighted by Crippen LogP contribution is -2.26. The summed E-state index contributed by atoms with van der Waals surface area (Å²) in [7, 11) is 0. The number of hydrogen-bond donors (Lipinski definition) is 2. The zero-order valence-corrected chi connectivity index (χ0v) is 11.4. The zero-order valence-electron chi connectivity index (χ0n) is 10.7. The number of H-pyrrole nitrogens is 1. The Morgan fingerprint density at radius 2 is 2.25 bits per heavy atom. The van der Waals surface area contributed by atoms with E-state index in [2.05, 4.69) is 15.2 Å². The number of benzene rings is 1. The number of pyridine rings is 1. The second-order valence-electron chi connectivity index (χ2n) is 4.50. The highest BCUT2D eigenvalue weighted by Crippen LogP contribution is 2.23. The molecule has 1 atom stereocenters. The third-order valence-electron chi connectivity index (χ3n) is 3.09. The van der Waals surface area contributed by atoms with Crippen molar-refractivity contribution in [1.29, 1.82) is 0 Å². The highest BCUT2D eigenvalue weighted by atomic mass is 35.5. The fraction of sp³-hybridized carbons (Fsp3) is 0.154. The lowest BCUT2D eigenvalue weighted by molar-refractivity contribution is 0.716. The lowest BCUT2D eigenvalue weighted by Gasteiger charge is -2.14. The fourth-order valence-electron chi connectivity index (χ4n) is 2.19. The molecule has 20 heavy (non-hydrogen) atoms. The van der Waals surface area contributed by atoms with Crippen LogP contribution in [0.2, 0.25) is 5.02 Å². The van der Waals surface area contributed by atoms with Crippen molar-refractivity contribution in [3.05, 3.63) is 51.7 Å². The van der Waals surface area contributed by atoms with Gasteiger partial charge in [-0.3, -0.25) is 9.89 Å². The minimum absolute atomic E-state index is 0.254. The molecule has 3 N–H and O–H groups in total. The van der Waals surface area contributed by atoms with E-state index in [4.69, 9.17) is 17.3 Å². The molecule has 2 aromatic heterocycles. The maximum atomic E-state index is 12.7. The second-order valence-corrected chi connectivity index (χ2v) is 4.91. The van der Waals surface area contributed by atoms with Crippen molar-refractivity contribution in [2.75, 3.05) is 0 Å². The van der Waals surface area contributed by atoms with E-state index < -0.39 is 0 Å². The van der Waals surface area contributed by atoms with E-state index in [1.807, 2.05) is 12.1 Å². The smallest absolute Gasteiger partial charge is 0.267 e. The molecule has 0 radical (unpaired) electrons. The van der Waals surface area contributed by atoms with Gasteiger partial charge in [0, 0.05) is 11.7 Å². The molecular formula is C13H12ClN5O. The van der Waals surface area contributed by atoms with Gasteiger partial charge in [0.15, 0.2) is 0 Å². The van der Waals surface area contributed by atoms with Crippen LogP contribution in [0.1, 0.15) is 18.7 Å². The molecule has 3 rings (SSSR count). The summed E-state index contributed by atoms with van der Waals surface area (Å²) in [4.78, 5) is 16.7. The van der Waals surface area contributed by atoms with Crippen LogP contribution in [0.25, 0.3) is 16.7 Å². The van der Waals surface area contributed by atoms with Crippen molar-refractivity contribution < 1.29 is 0 Å². The summed E-state index contributed by atoms with van der Waals surface area (Å²) in [6.45, 7) is 1.80. The summed E-state index contributed by atoms with van der Waals surface area (Å²) in [5.41, 5.74) is 6.31. The molecule has 0 fully saturated rings. The molecule has 1 aromatic carbocycles. The molecule has 2 heterocycles. The fourth-order valence-corrected chi connectivity index (χ4v) is 2.45. The van der Waals surface area contributed by atoms with Crippen LogP contribution in [-0.4, -0.2) is 19.7 Å². The van der Waals surface area contributed by atoms with E-state index in [0.717, 1.165) is 5.39 Å². The van der Waals surface area contributed by atoms with Crippen LogP contribution in [0.4, 0.5) is 0 Å². The minimum atomic E-state index is -0.343. The van der Waals surface area contributed by atoms with Crippen molar-refractivity contribution in [2.45, 2.75) is 13.0 Å². The third-order valence-corrected chi connectivity index (χ3v) is 3.41. The molecule has 7 heteroatoms. The molecule has 0 aliphatic heterocycles. The van der Waals surface area contributed by atoms with Crippen LogP contribution < -0.4 is 11.3 Å². The van der Waals surface area contributed by atoms with Crippen molar-refractivity contribution >= 4 is 22.4 Å². The Labute approximate surface area is 119 Å². The van der Waals surface area contributed by atoms with Crippen molar-refractivity contribution in [3.8, 4) is 5.95 Å². The summed E-state index contributed by atoms with van der Waals surface area (Å²) >= 11 is 6.13. The molecule has 0 saturated heterocycles. The summed E-state index contributed by atoms with van der Waals surface area (Å²) in [6.07, 6.45) is 1.41. The summed E-state index contributed by atoms with van der Waals surface area (Å²) < 4.78 is 1.38. The van der Waals surface area contributed by atoms with Gasteiger partial charge in [-0.2, -0.15) is 4.98 Å². The molecule has 0 aliphatic carbocycles. The Morgan fingerprint density at radius 3 is 2.90 bits per heavy atom. The number of halogens is 1. The topological polar surface area (TPSA) is 89.6 Å². The first-order valence-electron chi connectivity index (χ1n) is 6.05. The highest BCUT2D eigenvalue weighted by Gasteiger charge is 2.17. The SMILES string of the molecule is C[C@H](N)c1cc2cccc(Cl)c2c(=O)n1-c1nc[nH]n1. The van der Waals surface area contributed by atoms with Crippen LogP contribution in [0, 0.1) is 0 Å². The molecular weight excluding hydrogens is 278 g/mol. The average Bonchev–Trinajstić information content (AvgIpc) is 2.91. The van der Waals surface area contributed by atoms with Gasteiger partial charge in [-0.15, -0.1) is 5.10 Å². The van der Waals surface area contributed by atoms with Gasteiger partial charge in [0.2, 0.25) is 0 Å². The van der Waals surface area contributed by atoms with E-state index in [0.29, 0.717) is 16.1 Å². The summed E-state index contributed by atoms with van der Waals surface area (Å²) in [5, 5.41) is 8.13. The van der Waals surface area contributed by atoms with E-state index in [1.54, 1.807) is 19.1 Å². The first-order valence-corrected chi connectivity index (χ1v) is 6.43. The summed E-state index contributed by atoms with van der Waals surface area (Å²) in [5.74, 6) is 0.254. The number of rotatable bonds is 2. The van der Waals surface area contributed by atoms with E-state index in [1.165, 1.54) is 10.9 Å². The number of hydrogen-bond acceptors (Lipinski definition) is 4. The van der Waals surface area contributed by atoms with Gasteiger partial charge >= 0.3 is 0 Å². The summed E-state index contributed by atoms with van der Waals surface area (Å²) in [6, 6.07) is 6.80. The minimum Gasteiger partial charge on any atom is -0.323 e. The van der Waals surface area contributed by atoms with Crippen molar-refractivity contribution in [3.63, 3.8) is 0 Å². The molecule has 0 saturated carbocycles. The number of nitrogens with one attached hydrogen (secondary N) is 1. The molecule has 6 nitrogen and oxygen atoms in total. The first-order chi connectivity index (χ1) is 9.59. The number of aromatic nitrogens is 4. The van der Waals surface area contributed by atoms with Gasteiger partial charge in [0.05, 0.1) is 10.4 Å². The monoisotopic (exact) mass is 289 g/mol. The largest absolute Gasteiger partial charge is 0.323 e. The Morgan fingerprint density at radius 1 is 1.45 bits per heavy atom. The van der Waals surface area contributed by atoms with Crippen molar-refractivity contribution in [2.24, 2.45) is 5.73 Å². The maximum Gasteiger partial charge on any atom is 0.267 e. The zero-order chi connectivity index (χ0) is 14.3. The molecule has 3 aromatic rings.